The smallest absolute Gasteiger partial charge is 0.274 e. The topological polar surface area (TPSA) is 93.0 Å². The zero-order chi connectivity index (χ0) is 18.5. The molecule has 1 aliphatic heterocycles. The number of morpholine rings is 1. The number of imidazole rings is 1. The quantitative estimate of drug-likeness (QED) is 0.789. The fourth-order valence-electron chi connectivity index (χ4n) is 2.94. The lowest BCUT2D eigenvalue weighted by molar-refractivity contribution is 0.0300. The van der Waals surface area contributed by atoms with Crippen LogP contribution in [-0.4, -0.2) is 60.5 Å². The molecule has 0 aromatic carbocycles. The summed E-state index contributed by atoms with van der Waals surface area (Å²) < 4.78 is 48.4. The number of pyridine rings is 1. The molecule has 10 heteroatoms. The molecule has 2 aliphatic rings. The Morgan fingerprint density at radius 1 is 1.31 bits per heavy atom. The Bertz CT molecular complexity index is 978. The minimum Gasteiger partial charge on any atom is -0.378 e. The van der Waals surface area contributed by atoms with Gasteiger partial charge in [-0.1, -0.05) is 0 Å². The molecule has 1 saturated heterocycles. The number of carbonyl (C=O) groups excluding carboxylic acids is 1. The largest absolute Gasteiger partial charge is 0.378 e. The second kappa shape index (κ2) is 6.00. The monoisotopic (exact) mass is 382 g/mol. The van der Waals surface area contributed by atoms with Crippen molar-refractivity contribution in [2.24, 2.45) is 0 Å². The average Bonchev–Trinajstić information content (AvgIpc) is 3.16. The molecule has 1 amide bonds. The minimum absolute atomic E-state index is 0.0282. The number of fused-ring (bicyclic) bond motifs is 1. The van der Waals surface area contributed by atoms with E-state index in [4.69, 9.17) is 4.74 Å². The molecule has 1 N–H and O–H groups in total. The molecule has 26 heavy (non-hydrogen) atoms. The van der Waals surface area contributed by atoms with Crippen molar-refractivity contribution in [3.8, 4) is 0 Å². The molecule has 0 bridgehead atoms. The zero-order valence-electron chi connectivity index (χ0n) is 14.2. The van der Waals surface area contributed by atoms with E-state index in [1.165, 1.54) is 12.4 Å². The molecule has 1 saturated carbocycles. The van der Waals surface area contributed by atoms with Gasteiger partial charge in [0.2, 0.25) is 16.0 Å². The van der Waals surface area contributed by atoms with Crippen LogP contribution in [0.1, 0.15) is 30.3 Å². The van der Waals surface area contributed by atoms with Gasteiger partial charge in [0.1, 0.15) is 6.33 Å². The number of rotatable bonds is 4. The summed E-state index contributed by atoms with van der Waals surface area (Å²) in [6.45, 7) is 3.48. The van der Waals surface area contributed by atoms with E-state index in [9.17, 15) is 17.6 Å². The standard InChI is InChI=1S/C16H19FN4O4S/c1-16(2-3-16)19-26(23,24)11-8-12-14(18-10-21(12)13(17)9-11)15(22)20-4-6-25-7-5-20/h8-10,19H,2-7H2,1H3. The average molecular weight is 382 g/mol. The van der Waals surface area contributed by atoms with Crippen molar-refractivity contribution in [2.75, 3.05) is 26.3 Å². The highest BCUT2D eigenvalue weighted by Gasteiger charge is 2.41. The Morgan fingerprint density at radius 2 is 2.00 bits per heavy atom. The number of nitrogens with one attached hydrogen (secondary N) is 1. The number of nitrogens with zero attached hydrogens (tertiary/aromatic N) is 3. The van der Waals surface area contributed by atoms with E-state index in [2.05, 4.69) is 9.71 Å². The Hall–Kier alpha value is -2.04. The van der Waals surface area contributed by atoms with Gasteiger partial charge in [0.25, 0.3) is 5.91 Å². The van der Waals surface area contributed by atoms with Crippen LogP contribution in [0.3, 0.4) is 0 Å². The summed E-state index contributed by atoms with van der Waals surface area (Å²) in [5, 5.41) is 0. The fourth-order valence-corrected chi connectivity index (χ4v) is 4.43. The third-order valence-electron chi connectivity index (χ3n) is 4.77. The van der Waals surface area contributed by atoms with E-state index in [0.29, 0.717) is 26.3 Å². The van der Waals surface area contributed by atoms with Crippen molar-refractivity contribution in [2.45, 2.75) is 30.2 Å². The van der Waals surface area contributed by atoms with Gasteiger partial charge in [-0.05, 0) is 25.8 Å². The maximum absolute atomic E-state index is 14.4. The number of carbonyl (C=O) groups is 1. The third kappa shape index (κ3) is 3.08. The van der Waals surface area contributed by atoms with Gasteiger partial charge in [0, 0.05) is 24.7 Å². The Labute approximate surface area is 150 Å². The van der Waals surface area contributed by atoms with E-state index in [1.807, 2.05) is 0 Å². The van der Waals surface area contributed by atoms with Crippen LogP contribution in [0.2, 0.25) is 0 Å². The Balaban J connectivity index is 1.74. The number of hydrogen-bond donors (Lipinski definition) is 1. The first kappa shape index (κ1) is 17.4. The van der Waals surface area contributed by atoms with Crippen molar-refractivity contribution >= 4 is 21.4 Å². The Kier molecular flexibility index (Phi) is 4.01. The summed E-state index contributed by atoms with van der Waals surface area (Å²) in [6.07, 6.45) is 2.67. The van der Waals surface area contributed by atoms with Gasteiger partial charge in [-0.3, -0.25) is 9.20 Å². The van der Waals surface area contributed by atoms with E-state index >= 15 is 0 Å². The van der Waals surface area contributed by atoms with Crippen molar-refractivity contribution < 1.29 is 22.3 Å². The summed E-state index contributed by atoms with van der Waals surface area (Å²) in [7, 11) is -3.89. The van der Waals surface area contributed by atoms with Gasteiger partial charge in [0.15, 0.2) is 5.69 Å². The molecule has 8 nitrogen and oxygen atoms in total. The summed E-state index contributed by atoms with van der Waals surface area (Å²) in [4.78, 5) is 18.1. The predicted octanol–water partition coefficient (Wildman–Crippen LogP) is 0.777. The van der Waals surface area contributed by atoms with Crippen LogP contribution >= 0.6 is 0 Å². The van der Waals surface area contributed by atoms with Crippen LogP contribution in [0.5, 0.6) is 0 Å². The van der Waals surface area contributed by atoms with Crippen LogP contribution in [0.15, 0.2) is 23.4 Å². The van der Waals surface area contributed by atoms with Crippen LogP contribution < -0.4 is 4.72 Å². The lowest BCUT2D eigenvalue weighted by Crippen LogP contribution is -2.40. The summed E-state index contributed by atoms with van der Waals surface area (Å²) >= 11 is 0. The minimum atomic E-state index is -3.89. The van der Waals surface area contributed by atoms with Crippen LogP contribution in [0.4, 0.5) is 4.39 Å². The third-order valence-corrected chi connectivity index (χ3v) is 6.38. The highest BCUT2D eigenvalue weighted by atomic mass is 32.2. The second-order valence-electron chi connectivity index (χ2n) is 6.93. The molecule has 0 spiro atoms. The highest BCUT2D eigenvalue weighted by molar-refractivity contribution is 7.89. The van der Waals surface area contributed by atoms with Gasteiger partial charge in [0.05, 0.1) is 23.6 Å². The Morgan fingerprint density at radius 3 is 2.65 bits per heavy atom. The molecule has 2 fully saturated rings. The zero-order valence-corrected chi connectivity index (χ0v) is 15.1. The lowest BCUT2D eigenvalue weighted by atomic mass is 10.2. The van der Waals surface area contributed by atoms with Gasteiger partial charge < -0.3 is 9.64 Å². The fraction of sp³-hybridized carbons (Fsp3) is 0.500. The number of amides is 1. The van der Waals surface area contributed by atoms with Crippen LogP contribution in [-0.2, 0) is 14.8 Å². The number of aromatic nitrogens is 2. The van der Waals surface area contributed by atoms with E-state index < -0.39 is 21.5 Å². The molecule has 2 aromatic heterocycles. The summed E-state index contributed by atoms with van der Waals surface area (Å²) in [5.41, 5.74) is -0.322. The van der Waals surface area contributed by atoms with Gasteiger partial charge >= 0.3 is 0 Å². The molecular formula is C16H19FN4O4S. The van der Waals surface area contributed by atoms with Gasteiger partial charge in [-0.15, -0.1) is 0 Å². The summed E-state index contributed by atoms with van der Waals surface area (Å²) in [5.74, 6) is -1.16. The van der Waals surface area contributed by atoms with Crippen LogP contribution in [0, 0.1) is 5.95 Å². The first-order chi connectivity index (χ1) is 12.3. The van der Waals surface area contributed by atoms with Crippen LogP contribution in [0.25, 0.3) is 5.52 Å². The molecule has 0 atom stereocenters. The lowest BCUT2D eigenvalue weighted by Gasteiger charge is -2.26. The number of sulfonamides is 1. The first-order valence-electron chi connectivity index (χ1n) is 8.37. The predicted molar refractivity (Wildman–Crippen MR) is 89.8 cm³/mol. The number of hydrogen-bond acceptors (Lipinski definition) is 5. The molecular weight excluding hydrogens is 363 g/mol. The molecule has 2 aromatic rings. The molecule has 140 valence electrons. The van der Waals surface area contributed by atoms with E-state index in [-0.39, 0.29) is 22.0 Å². The summed E-state index contributed by atoms with van der Waals surface area (Å²) in [6, 6.07) is 2.23. The van der Waals surface area contributed by atoms with E-state index in [1.54, 1.807) is 11.8 Å². The maximum atomic E-state index is 14.4. The first-order valence-corrected chi connectivity index (χ1v) is 9.85. The second-order valence-corrected chi connectivity index (χ2v) is 8.62. The van der Waals surface area contributed by atoms with Gasteiger partial charge in [-0.2, -0.15) is 4.39 Å². The molecule has 0 unspecified atom stereocenters. The number of ether oxygens (including phenoxy) is 1. The van der Waals surface area contributed by atoms with Crippen molar-refractivity contribution in [3.63, 3.8) is 0 Å². The molecule has 0 radical (unpaired) electrons. The SMILES string of the molecule is CC1(NS(=O)(=O)c2cc(F)n3cnc(C(=O)N4CCOCC4)c3c2)CC1. The molecule has 1 aliphatic carbocycles. The van der Waals surface area contributed by atoms with Gasteiger partial charge in [-0.25, -0.2) is 18.1 Å². The van der Waals surface area contributed by atoms with E-state index in [0.717, 1.165) is 23.3 Å². The number of halogens is 1. The molecule has 3 heterocycles. The van der Waals surface area contributed by atoms with Crippen molar-refractivity contribution in [1.82, 2.24) is 19.0 Å². The van der Waals surface area contributed by atoms with Crippen molar-refractivity contribution in [1.29, 1.82) is 0 Å². The normalized spacial score (nSPS) is 19.7. The van der Waals surface area contributed by atoms with Crippen molar-refractivity contribution in [3.05, 3.63) is 30.1 Å². The highest BCUT2D eigenvalue weighted by Crippen LogP contribution is 2.36. The maximum Gasteiger partial charge on any atom is 0.274 e. The molecule has 4 rings (SSSR count).